The van der Waals surface area contributed by atoms with E-state index in [2.05, 4.69) is 10.5 Å². The van der Waals surface area contributed by atoms with Crippen molar-refractivity contribution in [1.82, 2.24) is 5.43 Å². The number of rotatable bonds is 3. The van der Waals surface area contributed by atoms with Crippen molar-refractivity contribution in [3.63, 3.8) is 0 Å². The van der Waals surface area contributed by atoms with E-state index in [-0.39, 0.29) is 5.91 Å². The van der Waals surface area contributed by atoms with Gasteiger partial charge in [0.2, 0.25) is 0 Å². The van der Waals surface area contributed by atoms with E-state index in [0.29, 0.717) is 30.3 Å². The number of ether oxygens (including phenoxy) is 2. The van der Waals surface area contributed by atoms with Crippen LogP contribution in [0.2, 0.25) is 0 Å². The number of hydrogen-bond donors (Lipinski definition) is 1. The van der Waals surface area contributed by atoms with Gasteiger partial charge in [0.05, 0.1) is 6.21 Å². The lowest BCUT2D eigenvalue weighted by molar-refractivity contribution is 0.0955. The molecule has 0 radical (unpaired) electrons. The molecular weight excluding hydrogens is 280 g/mol. The van der Waals surface area contributed by atoms with Gasteiger partial charge in [0.1, 0.15) is 13.2 Å². The molecule has 0 saturated heterocycles. The lowest BCUT2D eigenvalue weighted by atomic mass is 10.1. The van der Waals surface area contributed by atoms with Gasteiger partial charge in [0, 0.05) is 11.1 Å². The molecule has 3 rings (SSSR count). The number of hydrogen-bond acceptors (Lipinski definition) is 4. The Labute approximate surface area is 128 Å². The Bertz CT molecular complexity index is 708. The number of hydrazone groups is 1. The fraction of sp³-hybridized carbons (Fsp3) is 0.176. The minimum Gasteiger partial charge on any atom is -0.486 e. The van der Waals surface area contributed by atoms with Crippen molar-refractivity contribution in [2.45, 2.75) is 6.92 Å². The average Bonchev–Trinajstić information content (AvgIpc) is 2.55. The van der Waals surface area contributed by atoms with E-state index in [1.807, 2.05) is 37.3 Å². The smallest absolute Gasteiger partial charge is 0.271 e. The molecule has 0 aliphatic carbocycles. The minimum atomic E-state index is -0.252. The van der Waals surface area contributed by atoms with E-state index in [1.165, 1.54) is 0 Å². The predicted octanol–water partition coefficient (Wildman–Crippen LogP) is 2.53. The average molecular weight is 296 g/mol. The summed E-state index contributed by atoms with van der Waals surface area (Å²) in [7, 11) is 0. The minimum absolute atomic E-state index is 0.252. The third kappa shape index (κ3) is 3.09. The van der Waals surface area contributed by atoms with Crippen LogP contribution in [0.3, 0.4) is 0 Å². The standard InChI is InChI=1S/C17H16N2O3/c1-12-5-7-13(8-6-12)17(20)19-18-11-14-3-2-4-15-16(14)22-10-9-21-15/h2-8,11H,9-10H2,1H3,(H,19,20)/b18-11-. The van der Waals surface area contributed by atoms with Crippen molar-refractivity contribution in [3.05, 3.63) is 59.2 Å². The van der Waals surface area contributed by atoms with E-state index >= 15 is 0 Å². The molecule has 0 fully saturated rings. The quantitative estimate of drug-likeness (QED) is 0.699. The van der Waals surface area contributed by atoms with Gasteiger partial charge in [-0.2, -0.15) is 5.10 Å². The summed E-state index contributed by atoms with van der Waals surface area (Å²) >= 11 is 0. The number of nitrogens with zero attached hydrogens (tertiary/aromatic N) is 1. The summed E-state index contributed by atoms with van der Waals surface area (Å²) in [6.07, 6.45) is 1.56. The second-order valence-electron chi connectivity index (χ2n) is 4.94. The van der Waals surface area contributed by atoms with Crippen LogP contribution in [0, 0.1) is 6.92 Å². The van der Waals surface area contributed by atoms with Gasteiger partial charge in [-0.15, -0.1) is 0 Å². The molecule has 1 aliphatic rings. The van der Waals surface area contributed by atoms with Crippen LogP contribution in [0.5, 0.6) is 11.5 Å². The monoisotopic (exact) mass is 296 g/mol. The Morgan fingerprint density at radius 2 is 1.91 bits per heavy atom. The molecular formula is C17H16N2O3. The summed E-state index contributed by atoms with van der Waals surface area (Å²) in [6.45, 7) is 3.02. The van der Waals surface area contributed by atoms with E-state index in [4.69, 9.17) is 9.47 Å². The Kier molecular flexibility index (Phi) is 4.05. The van der Waals surface area contributed by atoms with Crippen molar-refractivity contribution in [2.24, 2.45) is 5.10 Å². The molecule has 0 atom stereocenters. The molecule has 1 amide bonds. The highest BCUT2D eigenvalue weighted by atomic mass is 16.6. The van der Waals surface area contributed by atoms with Gasteiger partial charge in [-0.25, -0.2) is 5.43 Å². The van der Waals surface area contributed by atoms with Crippen molar-refractivity contribution < 1.29 is 14.3 Å². The molecule has 5 heteroatoms. The normalized spacial score (nSPS) is 13.1. The third-order valence-corrected chi connectivity index (χ3v) is 3.28. The van der Waals surface area contributed by atoms with E-state index < -0.39 is 0 Å². The molecule has 0 saturated carbocycles. The number of carbonyl (C=O) groups is 1. The second kappa shape index (κ2) is 6.30. The van der Waals surface area contributed by atoms with Gasteiger partial charge in [-0.1, -0.05) is 23.8 Å². The Hall–Kier alpha value is -2.82. The summed E-state index contributed by atoms with van der Waals surface area (Å²) in [5, 5.41) is 3.99. The van der Waals surface area contributed by atoms with Gasteiger partial charge in [-0.3, -0.25) is 4.79 Å². The maximum atomic E-state index is 12.0. The zero-order chi connectivity index (χ0) is 15.4. The Balaban J connectivity index is 1.70. The molecule has 1 N–H and O–H groups in total. The van der Waals surface area contributed by atoms with Crippen molar-refractivity contribution in [3.8, 4) is 11.5 Å². The van der Waals surface area contributed by atoms with Crippen LogP contribution >= 0.6 is 0 Å². The lowest BCUT2D eigenvalue weighted by Gasteiger charge is -2.19. The Morgan fingerprint density at radius 1 is 1.14 bits per heavy atom. The van der Waals surface area contributed by atoms with Crippen molar-refractivity contribution in [2.75, 3.05) is 13.2 Å². The van der Waals surface area contributed by atoms with Crippen LogP contribution in [0.1, 0.15) is 21.5 Å². The molecule has 1 aliphatic heterocycles. The van der Waals surface area contributed by atoms with Crippen LogP contribution in [0.25, 0.3) is 0 Å². The van der Waals surface area contributed by atoms with Crippen molar-refractivity contribution >= 4 is 12.1 Å². The molecule has 0 unspecified atom stereocenters. The van der Waals surface area contributed by atoms with Crippen LogP contribution < -0.4 is 14.9 Å². The van der Waals surface area contributed by atoms with Crippen LogP contribution in [0.4, 0.5) is 0 Å². The molecule has 2 aromatic rings. The summed E-state index contributed by atoms with van der Waals surface area (Å²) < 4.78 is 11.1. The summed E-state index contributed by atoms with van der Waals surface area (Å²) in [5.41, 5.74) is 4.94. The molecule has 5 nitrogen and oxygen atoms in total. The van der Waals surface area contributed by atoms with Crippen LogP contribution in [0.15, 0.2) is 47.6 Å². The SMILES string of the molecule is Cc1ccc(C(=O)N/N=C\c2cccc3c2OCCO3)cc1. The number of amides is 1. The second-order valence-corrected chi connectivity index (χ2v) is 4.94. The fourth-order valence-corrected chi connectivity index (χ4v) is 2.13. The highest BCUT2D eigenvalue weighted by Crippen LogP contribution is 2.32. The zero-order valence-corrected chi connectivity index (χ0v) is 12.2. The van der Waals surface area contributed by atoms with E-state index in [9.17, 15) is 4.79 Å². The van der Waals surface area contributed by atoms with Gasteiger partial charge in [0.15, 0.2) is 11.5 Å². The van der Waals surface area contributed by atoms with Crippen molar-refractivity contribution in [1.29, 1.82) is 0 Å². The molecule has 2 aromatic carbocycles. The predicted molar refractivity (Wildman–Crippen MR) is 83.7 cm³/mol. The van der Waals surface area contributed by atoms with E-state index in [1.54, 1.807) is 18.3 Å². The number of fused-ring (bicyclic) bond motifs is 1. The first kappa shape index (κ1) is 14.1. The van der Waals surface area contributed by atoms with Crippen LogP contribution in [-0.2, 0) is 0 Å². The molecule has 112 valence electrons. The summed E-state index contributed by atoms with van der Waals surface area (Å²) in [5.74, 6) is 1.10. The first-order chi connectivity index (χ1) is 10.7. The highest BCUT2D eigenvalue weighted by molar-refractivity contribution is 5.95. The molecule has 1 heterocycles. The molecule has 22 heavy (non-hydrogen) atoms. The molecule has 0 aromatic heterocycles. The highest BCUT2D eigenvalue weighted by Gasteiger charge is 2.14. The lowest BCUT2D eigenvalue weighted by Crippen LogP contribution is -2.18. The number of para-hydroxylation sites is 1. The van der Waals surface area contributed by atoms with Gasteiger partial charge >= 0.3 is 0 Å². The van der Waals surface area contributed by atoms with Gasteiger partial charge in [0.25, 0.3) is 5.91 Å². The van der Waals surface area contributed by atoms with Gasteiger partial charge in [-0.05, 0) is 31.2 Å². The summed E-state index contributed by atoms with van der Waals surface area (Å²) in [6, 6.07) is 12.9. The maximum Gasteiger partial charge on any atom is 0.271 e. The number of benzene rings is 2. The molecule has 0 bridgehead atoms. The van der Waals surface area contributed by atoms with Gasteiger partial charge < -0.3 is 9.47 Å². The van der Waals surface area contributed by atoms with E-state index in [0.717, 1.165) is 11.1 Å². The largest absolute Gasteiger partial charge is 0.486 e. The zero-order valence-electron chi connectivity index (χ0n) is 12.2. The third-order valence-electron chi connectivity index (χ3n) is 3.28. The Morgan fingerprint density at radius 3 is 2.73 bits per heavy atom. The fourth-order valence-electron chi connectivity index (χ4n) is 2.13. The number of carbonyl (C=O) groups excluding carboxylic acids is 1. The summed E-state index contributed by atoms with van der Waals surface area (Å²) in [4.78, 5) is 12.0. The topological polar surface area (TPSA) is 59.9 Å². The number of aryl methyl sites for hydroxylation is 1. The van der Waals surface area contributed by atoms with Crippen LogP contribution in [-0.4, -0.2) is 25.3 Å². The first-order valence-corrected chi connectivity index (χ1v) is 7.03. The first-order valence-electron chi connectivity index (χ1n) is 7.03. The number of nitrogens with one attached hydrogen (secondary N) is 1. The maximum absolute atomic E-state index is 12.0. The molecule has 0 spiro atoms.